The molecule has 0 spiro atoms. The molecule has 34 heavy (non-hydrogen) atoms. The molecule has 0 radical (unpaired) electrons. The van der Waals surface area contributed by atoms with Gasteiger partial charge in [0.1, 0.15) is 23.0 Å². The molecule has 5 nitrogen and oxygen atoms in total. The Kier molecular flexibility index (Phi) is 5.82. The maximum atomic E-state index is 11.8. The first kappa shape index (κ1) is 23.5. The molecule has 3 aromatic rings. The van der Waals surface area contributed by atoms with Gasteiger partial charge in [0, 0.05) is 34.4 Å². The molecular weight excluding hydrogens is 444 g/mol. The van der Waals surface area contributed by atoms with Crippen LogP contribution in [0.1, 0.15) is 79.8 Å². The van der Waals surface area contributed by atoms with Crippen LogP contribution in [0.4, 0.5) is 0 Å². The average molecular weight is 479 g/mol. The van der Waals surface area contributed by atoms with Crippen LogP contribution in [0.5, 0.6) is 5.75 Å². The van der Waals surface area contributed by atoms with Crippen LogP contribution in [-0.2, 0) is 17.6 Å². The fraction of sp³-hybridized carbons (Fsp3) is 0.500. The van der Waals surface area contributed by atoms with E-state index in [4.69, 9.17) is 4.74 Å². The first-order valence-electron chi connectivity index (χ1n) is 12.2. The molecule has 180 valence electrons. The van der Waals surface area contributed by atoms with Crippen molar-refractivity contribution >= 4 is 11.3 Å². The summed E-state index contributed by atoms with van der Waals surface area (Å²) in [5, 5.41) is 25.9. The lowest BCUT2D eigenvalue weighted by Gasteiger charge is -2.59. The number of nitrogens with zero attached hydrogens (tertiary/aromatic N) is 2. The van der Waals surface area contributed by atoms with E-state index < -0.39 is 11.2 Å². The molecule has 0 aliphatic heterocycles. The molecule has 2 aromatic heterocycles. The van der Waals surface area contributed by atoms with Crippen LogP contribution in [0.3, 0.4) is 0 Å². The SMILES string of the molecule is CC[C@@]12C[C@@](C)(O)[C@@](O)(c3nccs3)C[C@H]1C[C@H](C)c1cc(OCc3cccnc3C)ccc12. The van der Waals surface area contributed by atoms with E-state index in [9.17, 15) is 10.2 Å². The molecule has 6 heteroatoms. The van der Waals surface area contributed by atoms with Crippen molar-refractivity contribution in [1.29, 1.82) is 0 Å². The fourth-order valence-corrected chi connectivity index (χ4v) is 7.40. The first-order chi connectivity index (χ1) is 16.2. The zero-order valence-electron chi connectivity index (χ0n) is 20.4. The second-order valence-corrected chi connectivity index (χ2v) is 11.4. The molecule has 0 amide bonds. The van der Waals surface area contributed by atoms with Gasteiger partial charge in [-0.15, -0.1) is 11.3 Å². The number of aliphatic hydroxyl groups is 2. The maximum Gasteiger partial charge on any atom is 0.144 e. The Morgan fingerprint density at radius 1 is 1.18 bits per heavy atom. The van der Waals surface area contributed by atoms with Gasteiger partial charge >= 0.3 is 0 Å². The summed E-state index contributed by atoms with van der Waals surface area (Å²) >= 11 is 1.43. The van der Waals surface area contributed by atoms with E-state index in [2.05, 4.69) is 42.0 Å². The van der Waals surface area contributed by atoms with E-state index in [1.165, 1.54) is 22.5 Å². The van der Waals surface area contributed by atoms with E-state index in [0.717, 1.165) is 29.8 Å². The molecule has 1 aromatic carbocycles. The van der Waals surface area contributed by atoms with Crippen LogP contribution in [0.15, 0.2) is 48.1 Å². The fourth-order valence-electron chi connectivity index (χ4n) is 6.53. The molecular formula is C28H34N2O3S. The quantitative estimate of drug-likeness (QED) is 0.497. The predicted octanol–water partition coefficient (Wildman–Crippen LogP) is 5.63. The summed E-state index contributed by atoms with van der Waals surface area (Å²) < 4.78 is 6.18. The number of aryl methyl sites for hydroxylation is 1. The monoisotopic (exact) mass is 478 g/mol. The minimum absolute atomic E-state index is 0.187. The molecule has 2 aliphatic carbocycles. The molecule has 0 bridgehead atoms. The topological polar surface area (TPSA) is 75.5 Å². The van der Waals surface area contributed by atoms with Gasteiger partial charge in [-0.05, 0) is 80.7 Å². The summed E-state index contributed by atoms with van der Waals surface area (Å²) in [6, 6.07) is 10.4. The van der Waals surface area contributed by atoms with Crippen molar-refractivity contribution in [1.82, 2.24) is 9.97 Å². The Morgan fingerprint density at radius 3 is 2.71 bits per heavy atom. The third-order valence-electron chi connectivity index (χ3n) is 8.53. The normalized spacial score (nSPS) is 32.6. The zero-order chi connectivity index (χ0) is 24.1. The number of pyridine rings is 1. The van der Waals surface area contributed by atoms with Gasteiger partial charge in [0.05, 0.1) is 5.60 Å². The van der Waals surface area contributed by atoms with Crippen LogP contribution in [0, 0.1) is 12.8 Å². The third-order valence-corrected chi connectivity index (χ3v) is 9.45. The van der Waals surface area contributed by atoms with E-state index in [1.54, 1.807) is 19.3 Å². The lowest BCUT2D eigenvalue weighted by atomic mass is 9.48. The number of thiazole rings is 1. The summed E-state index contributed by atoms with van der Waals surface area (Å²) in [7, 11) is 0. The Labute approximate surface area is 205 Å². The Balaban J connectivity index is 1.49. The second kappa shape index (κ2) is 8.43. The van der Waals surface area contributed by atoms with Crippen molar-refractivity contribution in [2.45, 2.75) is 82.5 Å². The van der Waals surface area contributed by atoms with Gasteiger partial charge in [-0.2, -0.15) is 0 Å². The molecule has 2 heterocycles. The number of hydrogen-bond acceptors (Lipinski definition) is 6. The Morgan fingerprint density at radius 2 is 2.00 bits per heavy atom. The van der Waals surface area contributed by atoms with Crippen LogP contribution >= 0.6 is 11.3 Å². The van der Waals surface area contributed by atoms with E-state index in [-0.39, 0.29) is 11.3 Å². The predicted molar refractivity (Wildman–Crippen MR) is 134 cm³/mol. The molecule has 2 aliphatic rings. The smallest absolute Gasteiger partial charge is 0.144 e. The minimum atomic E-state index is -1.33. The standard InChI is InChI=1S/C28H34N2O3S/c1-5-27-17-26(4,31)28(32,25-30-11-12-34-25)15-21(27)13-18(2)23-14-22(8-9-24(23)27)33-16-20-7-6-10-29-19(20)3/h6-12,14,18,21,31-32H,5,13,15-17H2,1-4H3/t18-,21+,26+,27+,28-/m0/s1. The molecule has 1 fully saturated rings. The number of benzene rings is 1. The number of hydrogen-bond donors (Lipinski definition) is 2. The van der Waals surface area contributed by atoms with Crippen molar-refractivity contribution in [3.05, 3.63) is 75.5 Å². The Bertz CT molecular complexity index is 1180. The molecule has 2 N–H and O–H groups in total. The molecule has 5 rings (SSSR count). The number of ether oxygens (including phenoxy) is 1. The van der Waals surface area contributed by atoms with Gasteiger partial charge < -0.3 is 14.9 Å². The van der Waals surface area contributed by atoms with E-state index >= 15 is 0 Å². The van der Waals surface area contributed by atoms with Gasteiger partial charge in [0.15, 0.2) is 0 Å². The summed E-state index contributed by atoms with van der Waals surface area (Å²) in [5.74, 6) is 1.46. The van der Waals surface area contributed by atoms with Crippen LogP contribution in [0.2, 0.25) is 0 Å². The van der Waals surface area contributed by atoms with Crippen molar-refractivity contribution in [2.24, 2.45) is 5.92 Å². The van der Waals surface area contributed by atoms with Crippen LogP contribution < -0.4 is 4.74 Å². The Hall–Kier alpha value is -2.28. The van der Waals surface area contributed by atoms with E-state index in [1.807, 2.05) is 24.4 Å². The highest BCUT2D eigenvalue weighted by Crippen LogP contribution is 2.62. The van der Waals surface area contributed by atoms with Gasteiger partial charge in [-0.3, -0.25) is 4.98 Å². The first-order valence-corrected chi connectivity index (χ1v) is 13.1. The highest BCUT2D eigenvalue weighted by molar-refractivity contribution is 7.09. The van der Waals surface area contributed by atoms with Gasteiger partial charge in [-0.25, -0.2) is 4.98 Å². The van der Waals surface area contributed by atoms with E-state index in [0.29, 0.717) is 30.4 Å². The largest absolute Gasteiger partial charge is 0.489 e. The molecule has 0 saturated heterocycles. The second-order valence-electron chi connectivity index (χ2n) is 10.5. The van der Waals surface area contributed by atoms with Crippen molar-refractivity contribution < 1.29 is 14.9 Å². The number of rotatable bonds is 5. The third kappa shape index (κ3) is 3.58. The summed E-state index contributed by atoms with van der Waals surface area (Å²) in [6.45, 7) is 8.76. The molecule has 5 atom stereocenters. The molecule has 1 saturated carbocycles. The average Bonchev–Trinajstić information content (AvgIpc) is 3.36. The maximum absolute atomic E-state index is 11.8. The highest BCUT2D eigenvalue weighted by Gasteiger charge is 2.62. The van der Waals surface area contributed by atoms with Gasteiger partial charge in [0.2, 0.25) is 0 Å². The van der Waals surface area contributed by atoms with Crippen molar-refractivity contribution in [2.75, 3.05) is 0 Å². The number of aromatic nitrogens is 2. The highest BCUT2D eigenvalue weighted by atomic mass is 32.1. The summed E-state index contributed by atoms with van der Waals surface area (Å²) in [5.41, 5.74) is 1.88. The summed E-state index contributed by atoms with van der Waals surface area (Å²) in [6.07, 6.45) is 6.42. The van der Waals surface area contributed by atoms with Crippen LogP contribution in [0.25, 0.3) is 0 Å². The van der Waals surface area contributed by atoms with Gasteiger partial charge in [-0.1, -0.05) is 26.0 Å². The lowest BCUT2D eigenvalue weighted by molar-refractivity contribution is -0.205. The number of fused-ring (bicyclic) bond motifs is 3. The lowest BCUT2D eigenvalue weighted by Crippen LogP contribution is -2.62. The van der Waals surface area contributed by atoms with Crippen LogP contribution in [-0.4, -0.2) is 25.8 Å². The van der Waals surface area contributed by atoms with Gasteiger partial charge in [0.25, 0.3) is 0 Å². The zero-order valence-corrected chi connectivity index (χ0v) is 21.2. The molecule has 0 unspecified atom stereocenters. The minimum Gasteiger partial charge on any atom is -0.489 e. The summed E-state index contributed by atoms with van der Waals surface area (Å²) in [4.78, 5) is 8.76. The van der Waals surface area contributed by atoms with Crippen molar-refractivity contribution in [3.8, 4) is 5.75 Å². The van der Waals surface area contributed by atoms with Crippen molar-refractivity contribution in [3.63, 3.8) is 0 Å².